The van der Waals surface area contributed by atoms with Crippen molar-refractivity contribution < 1.29 is 9.53 Å². The first kappa shape index (κ1) is 13.7. The number of aromatic amines is 1. The van der Waals surface area contributed by atoms with E-state index in [1.807, 2.05) is 31.2 Å². The number of aryl methyl sites for hydroxylation is 1. The second-order valence-electron chi connectivity index (χ2n) is 4.87. The zero-order valence-corrected chi connectivity index (χ0v) is 12.5. The number of aromatic nitrogens is 1. The Labute approximate surface area is 127 Å². The molecule has 0 aliphatic rings. The Kier molecular flexibility index (Phi) is 3.43. The van der Waals surface area contributed by atoms with Crippen LogP contribution in [0.25, 0.3) is 10.9 Å². The first-order valence-corrected chi connectivity index (χ1v) is 6.94. The SMILES string of the molecule is COc1cccc2[nH]cc(C(=O)c3cc(Cl)ccc3C)c12. The van der Waals surface area contributed by atoms with Crippen molar-refractivity contribution in [3.05, 3.63) is 64.3 Å². The molecule has 0 unspecified atom stereocenters. The molecule has 0 saturated carbocycles. The summed E-state index contributed by atoms with van der Waals surface area (Å²) in [7, 11) is 1.60. The molecule has 0 bridgehead atoms. The standard InChI is InChI=1S/C17H14ClNO2/c1-10-6-7-11(18)8-12(10)17(20)13-9-19-14-4-3-5-15(21-2)16(13)14/h3-9,19H,1-2H3. The molecule has 3 rings (SSSR count). The van der Waals surface area contributed by atoms with Crippen LogP contribution >= 0.6 is 11.6 Å². The van der Waals surface area contributed by atoms with E-state index in [2.05, 4.69) is 4.98 Å². The summed E-state index contributed by atoms with van der Waals surface area (Å²) in [5.41, 5.74) is 2.97. The quantitative estimate of drug-likeness (QED) is 0.730. The summed E-state index contributed by atoms with van der Waals surface area (Å²) in [5.74, 6) is 0.613. The third-order valence-corrected chi connectivity index (χ3v) is 3.81. The number of hydrogen-bond donors (Lipinski definition) is 1. The van der Waals surface area contributed by atoms with Gasteiger partial charge >= 0.3 is 0 Å². The lowest BCUT2D eigenvalue weighted by atomic mass is 9.98. The fraction of sp³-hybridized carbons (Fsp3) is 0.118. The number of H-pyrrole nitrogens is 1. The predicted molar refractivity (Wildman–Crippen MR) is 84.5 cm³/mol. The molecule has 1 heterocycles. The molecule has 3 nitrogen and oxygen atoms in total. The van der Waals surface area contributed by atoms with Crippen LogP contribution in [0.3, 0.4) is 0 Å². The number of rotatable bonds is 3. The fourth-order valence-electron chi connectivity index (χ4n) is 2.48. The van der Waals surface area contributed by atoms with Crippen molar-refractivity contribution in [2.45, 2.75) is 6.92 Å². The number of ketones is 1. The van der Waals surface area contributed by atoms with Crippen molar-refractivity contribution in [1.29, 1.82) is 0 Å². The topological polar surface area (TPSA) is 42.1 Å². The number of halogens is 1. The summed E-state index contributed by atoms with van der Waals surface area (Å²) in [6.45, 7) is 1.90. The normalized spacial score (nSPS) is 10.8. The van der Waals surface area contributed by atoms with Gasteiger partial charge in [0.15, 0.2) is 5.78 Å². The molecule has 4 heteroatoms. The Balaban J connectivity index is 2.20. The van der Waals surface area contributed by atoms with Gasteiger partial charge in [0.05, 0.1) is 18.1 Å². The van der Waals surface area contributed by atoms with Crippen LogP contribution in [0.5, 0.6) is 5.75 Å². The van der Waals surface area contributed by atoms with Crippen molar-refractivity contribution in [2.75, 3.05) is 7.11 Å². The molecule has 0 atom stereocenters. The number of ether oxygens (including phenoxy) is 1. The van der Waals surface area contributed by atoms with Gasteiger partial charge in [-0.15, -0.1) is 0 Å². The molecule has 0 aliphatic carbocycles. The van der Waals surface area contributed by atoms with Gasteiger partial charge in [-0.25, -0.2) is 0 Å². The zero-order valence-electron chi connectivity index (χ0n) is 11.7. The van der Waals surface area contributed by atoms with Crippen LogP contribution in [0, 0.1) is 6.92 Å². The molecular weight excluding hydrogens is 286 g/mol. The first-order valence-electron chi connectivity index (χ1n) is 6.56. The molecule has 106 valence electrons. The van der Waals surface area contributed by atoms with Gasteiger partial charge < -0.3 is 9.72 Å². The van der Waals surface area contributed by atoms with Crippen molar-refractivity contribution in [3.63, 3.8) is 0 Å². The Morgan fingerprint density at radius 2 is 2.00 bits per heavy atom. The lowest BCUT2D eigenvalue weighted by Gasteiger charge is -2.07. The van der Waals surface area contributed by atoms with Gasteiger partial charge in [-0.05, 0) is 36.8 Å². The number of carbonyl (C=O) groups is 1. The number of nitrogens with one attached hydrogen (secondary N) is 1. The molecule has 0 fully saturated rings. The maximum Gasteiger partial charge on any atom is 0.195 e. The molecule has 3 aromatic rings. The summed E-state index contributed by atoms with van der Waals surface area (Å²) < 4.78 is 5.37. The maximum atomic E-state index is 12.8. The average molecular weight is 300 g/mol. The highest BCUT2D eigenvalue weighted by Gasteiger charge is 2.18. The van der Waals surface area contributed by atoms with Gasteiger partial charge in [0.2, 0.25) is 0 Å². The molecule has 21 heavy (non-hydrogen) atoms. The molecule has 2 aromatic carbocycles. The summed E-state index contributed by atoms with van der Waals surface area (Å²) in [5, 5.41) is 1.35. The summed E-state index contributed by atoms with van der Waals surface area (Å²) in [4.78, 5) is 15.9. The van der Waals surface area contributed by atoms with Crippen molar-refractivity contribution in [2.24, 2.45) is 0 Å². The lowest BCUT2D eigenvalue weighted by molar-refractivity contribution is 0.103. The summed E-state index contributed by atoms with van der Waals surface area (Å²) in [6.07, 6.45) is 1.72. The van der Waals surface area contributed by atoms with E-state index in [0.717, 1.165) is 16.5 Å². The minimum absolute atomic E-state index is 0.0641. The van der Waals surface area contributed by atoms with E-state index in [4.69, 9.17) is 16.3 Å². The van der Waals surface area contributed by atoms with Gasteiger partial charge in [-0.1, -0.05) is 23.7 Å². The van der Waals surface area contributed by atoms with E-state index in [1.54, 1.807) is 25.4 Å². The predicted octanol–water partition coefficient (Wildman–Crippen LogP) is 4.37. The number of benzene rings is 2. The molecular formula is C17H14ClNO2. The van der Waals surface area contributed by atoms with Gasteiger partial charge in [0.1, 0.15) is 5.75 Å². The van der Waals surface area contributed by atoms with Crippen LogP contribution in [-0.2, 0) is 0 Å². The fourth-order valence-corrected chi connectivity index (χ4v) is 2.66. The largest absolute Gasteiger partial charge is 0.496 e. The van der Waals surface area contributed by atoms with Crippen LogP contribution in [-0.4, -0.2) is 17.9 Å². The molecule has 0 aliphatic heterocycles. The molecule has 0 saturated heterocycles. The highest BCUT2D eigenvalue weighted by molar-refractivity contribution is 6.31. The van der Waals surface area contributed by atoms with E-state index in [1.165, 1.54) is 0 Å². The second-order valence-corrected chi connectivity index (χ2v) is 5.31. The highest BCUT2D eigenvalue weighted by Crippen LogP contribution is 2.31. The lowest BCUT2D eigenvalue weighted by Crippen LogP contribution is -2.03. The Bertz CT molecular complexity index is 836. The molecule has 0 spiro atoms. The maximum absolute atomic E-state index is 12.8. The van der Waals surface area contributed by atoms with Crippen molar-refractivity contribution in [3.8, 4) is 5.75 Å². The van der Waals surface area contributed by atoms with E-state index in [0.29, 0.717) is 21.9 Å². The first-order chi connectivity index (χ1) is 10.1. The molecule has 0 amide bonds. The Morgan fingerprint density at radius 3 is 2.76 bits per heavy atom. The molecule has 0 radical (unpaired) electrons. The van der Waals surface area contributed by atoms with Crippen LogP contribution in [0.2, 0.25) is 5.02 Å². The number of carbonyl (C=O) groups excluding carboxylic acids is 1. The van der Waals surface area contributed by atoms with Gasteiger partial charge in [-0.3, -0.25) is 4.79 Å². The Morgan fingerprint density at radius 1 is 1.19 bits per heavy atom. The average Bonchev–Trinajstić information content (AvgIpc) is 2.93. The number of hydrogen-bond acceptors (Lipinski definition) is 2. The van der Waals surface area contributed by atoms with Crippen LogP contribution in [0.15, 0.2) is 42.6 Å². The monoisotopic (exact) mass is 299 g/mol. The summed E-state index contributed by atoms with van der Waals surface area (Å²) >= 11 is 6.01. The van der Waals surface area contributed by atoms with E-state index >= 15 is 0 Å². The van der Waals surface area contributed by atoms with Gasteiger partial charge in [0, 0.05) is 22.3 Å². The summed E-state index contributed by atoms with van der Waals surface area (Å²) in [6, 6.07) is 11.0. The van der Waals surface area contributed by atoms with E-state index < -0.39 is 0 Å². The Hall–Kier alpha value is -2.26. The van der Waals surface area contributed by atoms with Crippen molar-refractivity contribution >= 4 is 28.3 Å². The third kappa shape index (κ3) is 2.30. The molecule has 1 aromatic heterocycles. The number of methoxy groups -OCH3 is 1. The number of fused-ring (bicyclic) bond motifs is 1. The molecule has 1 N–H and O–H groups in total. The second kappa shape index (κ2) is 5.26. The third-order valence-electron chi connectivity index (χ3n) is 3.58. The van der Waals surface area contributed by atoms with E-state index in [9.17, 15) is 4.79 Å². The van der Waals surface area contributed by atoms with Crippen LogP contribution in [0.1, 0.15) is 21.5 Å². The van der Waals surface area contributed by atoms with Crippen molar-refractivity contribution in [1.82, 2.24) is 4.98 Å². The van der Waals surface area contributed by atoms with Crippen LogP contribution < -0.4 is 4.74 Å². The minimum Gasteiger partial charge on any atom is -0.496 e. The zero-order chi connectivity index (χ0) is 15.0. The van der Waals surface area contributed by atoms with Gasteiger partial charge in [0.25, 0.3) is 0 Å². The van der Waals surface area contributed by atoms with Crippen LogP contribution in [0.4, 0.5) is 0 Å². The van der Waals surface area contributed by atoms with Gasteiger partial charge in [-0.2, -0.15) is 0 Å². The van der Waals surface area contributed by atoms with E-state index in [-0.39, 0.29) is 5.78 Å². The minimum atomic E-state index is -0.0641. The highest BCUT2D eigenvalue weighted by atomic mass is 35.5. The smallest absolute Gasteiger partial charge is 0.195 e.